The van der Waals surface area contributed by atoms with Gasteiger partial charge in [-0.15, -0.1) is 0 Å². The summed E-state index contributed by atoms with van der Waals surface area (Å²) in [6.07, 6.45) is 1.78. The van der Waals surface area contributed by atoms with Crippen LogP contribution in [0.5, 0.6) is 0 Å². The first kappa shape index (κ1) is 25.9. The van der Waals surface area contributed by atoms with Crippen LogP contribution in [-0.4, -0.2) is 16.0 Å². The summed E-state index contributed by atoms with van der Waals surface area (Å²) >= 11 is 12.2. The Morgan fingerprint density at radius 3 is 2.58 bits per heavy atom. The molecule has 0 unspecified atom stereocenters. The van der Waals surface area contributed by atoms with Crippen LogP contribution in [0, 0.1) is 19.8 Å². The average molecular weight is 545 g/mol. The van der Waals surface area contributed by atoms with Crippen molar-refractivity contribution >= 4 is 46.2 Å². The molecule has 1 saturated heterocycles. The summed E-state index contributed by atoms with van der Waals surface area (Å²) in [6, 6.07) is 21.1. The first-order valence-corrected chi connectivity index (χ1v) is 13.3. The largest absolute Gasteiger partial charge is 0.459 e. The summed E-state index contributed by atoms with van der Waals surface area (Å²) in [6.45, 7) is 7.70. The van der Waals surface area contributed by atoms with Crippen LogP contribution in [0.3, 0.4) is 0 Å². The van der Waals surface area contributed by atoms with E-state index in [2.05, 4.69) is 20.5 Å². The summed E-state index contributed by atoms with van der Waals surface area (Å²) < 4.78 is 6.45. The fourth-order valence-corrected chi connectivity index (χ4v) is 5.08. The number of halogens is 1. The second-order valence-corrected chi connectivity index (χ2v) is 10.6. The van der Waals surface area contributed by atoms with Crippen molar-refractivity contribution in [2.45, 2.75) is 39.8 Å². The Balaban J connectivity index is 1.55. The van der Waals surface area contributed by atoms with Gasteiger partial charge in [-0.25, -0.2) is 0 Å². The highest BCUT2D eigenvalue weighted by Crippen LogP contribution is 2.43. The number of hydrogen-bond acceptors (Lipinski definition) is 4. The maximum absolute atomic E-state index is 12.3. The van der Waals surface area contributed by atoms with E-state index in [-0.39, 0.29) is 23.9 Å². The third-order valence-corrected chi connectivity index (χ3v) is 7.46. The second kappa shape index (κ2) is 10.6. The van der Waals surface area contributed by atoms with E-state index in [4.69, 9.17) is 28.2 Å². The molecule has 0 bridgehead atoms. The number of hydrogen-bond donors (Lipinski definition) is 2. The van der Waals surface area contributed by atoms with Crippen molar-refractivity contribution in [1.82, 2.24) is 10.3 Å². The molecule has 5 rings (SSSR count). The number of rotatable bonds is 6. The molecule has 2 N–H and O–H groups in total. The first-order valence-electron chi connectivity index (χ1n) is 12.5. The van der Waals surface area contributed by atoms with Crippen LogP contribution < -0.4 is 15.5 Å². The van der Waals surface area contributed by atoms with Gasteiger partial charge in [0.1, 0.15) is 17.6 Å². The van der Waals surface area contributed by atoms with Gasteiger partial charge in [-0.1, -0.05) is 43.6 Å². The van der Waals surface area contributed by atoms with Gasteiger partial charge in [-0.3, -0.25) is 9.78 Å². The van der Waals surface area contributed by atoms with Gasteiger partial charge in [0.2, 0.25) is 5.91 Å². The highest BCUT2D eigenvalue weighted by atomic mass is 35.5. The molecule has 0 spiro atoms. The van der Waals surface area contributed by atoms with E-state index in [9.17, 15) is 4.79 Å². The van der Waals surface area contributed by atoms with Crippen LogP contribution in [0.25, 0.3) is 11.3 Å². The van der Waals surface area contributed by atoms with Crippen molar-refractivity contribution in [2.24, 2.45) is 5.92 Å². The van der Waals surface area contributed by atoms with Gasteiger partial charge in [-0.2, -0.15) is 0 Å². The Hall–Kier alpha value is -3.68. The molecule has 2 aromatic carbocycles. The van der Waals surface area contributed by atoms with Crippen molar-refractivity contribution in [3.05, 3.63) is 101 Å². The average Bonchev–Trinajstić information content (AvgIpc) is 3.52. The van der Waals surface area contributed by atoms with Crippen molar-refractivity contribution < 1.29 is 9.21 Å². The Morgan fingerprint density at radius 1 is 1.08 bits per heavy atom. The molecule has 1 aliphatic heterocycles. The van der Waals surface area contributed by atoms with Gasteiger partial charge >= 0.3 is 0 Å². The molecular weight excluding hydrogens is 516 g/mol. The quantitative estimate of drug-likeness (QED) is 0.247. The SMILES string of the molecule is Cc1ccc(-c2ccc([C@@H]3[C@@H](c4ccccn4)NC(=S)N3c3ccc(NC(=O)C(C)C)c(C)c3)o2)cc1Cl. The van der Waals surface area contributed by atoms with Gasteiger partial charge in [0, 0.05) is 34.1 Å². The number of carbonyl (C=O) groups excluding carboxylic acids is 1. The minimum absolute atomic E-state index is 0.0216. The monoisotopic (exact) mass is 544 g/mol. The molecule has 1 aliphatic rings. The Bertz CT molecular complexity index is 1500. The van der Waals surface area contributed by atoms with Crippen LogP contribution in [0.1, 0.15) is 48.5 Å². The Morgan fingerprint density at radius 2 is 1.89 bits per heavy atom. The maximum atomic E-state index is 12.3. The fourth-order valence-electron chi connectivity index (χ4n) is 4.55. The fraction of sp³-hybridized carbons (Fsp3) is 0.233. The maximum Gasteiger partial charge on any atom is 0.226 e. The van der Waals surface area contributed by atoms with Gasteiger partial charge in [0.15, 0.2) is 5.11 Å². The molecule has 0 radical (unpaired) electrons. The summed E-state index contributed by atoms with van der Waals surface area (Å²) in [5, 5.41) is 7.72. The molecule has 38 heavy (non-hydrogen) atoms. The van der Waals surface area contributed by atoms with Crippen LogP contribution in [-0.2, 0) is 4.79 Å². The number of nitrogens with zero attached hydrogens (tertiary/aromatic N) is 2. The standard InChI is InChI=1S/C30H29ClN4O2S/c1-17(2)29(36)33-23-11-10-21(15-19(23)4)35-28(27(34-30(35)38)24-7-5-6-14-32-24)26-13-12-25(37-26)20-9-8-18(3)22(31)16-20/h5-17,27-28H,1-4H3,(H,33,36)(H,34,38)/t27-,28-/m1/s1. The van der Waals surface area contributed by atoms with Crippen molar-refractivity contribution in [3.63, 3.8) is 0 Å². The van der Waals surface area contributed by atoms with Crippen LogP contribution >= 0.6 is 23.8 Å². The number of benzene rings is 2. The van der Waals surface area contributed by atoms with E-state index < -0.39 is 0 Å². The van der Waals surface area contributed by atoms with Gasteiger partial charge in [0.25, 0.3) is 0 Å². The number of amides is 1. The van der Waals surface area contributed by atoms with E-state index in [1.807, 2.05) is 94.4 Å². The summed E-state index contributed by atoms with van der Waals surface area (Å²) in [7, 11) is 0. The predicted octanol–water partition coefficient (Wildman–Crippen LogP) is 7.38. The number of aromatic nitrogens is 1. The molecular formula is C30H29ClN4O2S. The molecule has 6 nitrogen and oxygen atoms in total. The van der Waals surface area contributed by atoms with Gasteiger partial charge in [-0.05, 0) is 85.7 Å². The van der Waals surface area contributed by atoms with E-state index >= 15 is 0 Å². The third-order valence-electron chi connectivity index (χ3n) is 6.74. The van der Waals surface area contributed by atoms with E-state index in [0.29, 0.717) is 10.1 Å². The molecule has 1 fully saturated rings. The number of thiocarbonyl (C=S) groups is 1. The number of carbonyl (C=O) groups is 1. The number of anilines is 2. The minimum atomic E-state index is -0.289. The molecule has 1 amide bonds. The van der Waals surface area contributed by atoms with Crippen LogP contribution in [0.2, 0.25) is 5.02 Å². The zero-order valence-electron chi connectivity index (χ0n) is 21.7. The summed E-state index contributed by atoms with van der Waals surface area (Å²) in [4.78, 5) is 18.9. The lowest BCUT2D eigenvalue weighted by atomic mass is 10.0. The highest BCUT2D eigenvalue weighted by Gasteiger charge is 2.42. The zero-order valence-corrected chi connectivity index (χ0v) is 23.2. The topological polar surface area (TPSA) is 70.4 Å². The molecule has 0 aliphatic carbocycles. The smallest absolute Gasteiger partial charge is 0.226 e. The van der Waals surface area contributed by atoms with Crippen molar-refractivity contribution in [3.8, 4) is 11.3 Å². The Kier molecular flexibility index (Phi) is 7.23. The molecule has 4 aromatic rings. The highest BCUT2D eigenvalue weighted by molar-refractivity contribution is 7.80. The Labute approximate surface area is 233 Å². The molecule has 2 atom stereocenters. The summed E-state index contributed by atoms with van der Waals surface area (Å²) in [5.74, 6) is 1.34. The van der Waals surface area contributed by atoms with Crippen LogP contribution in [0.15, 0.2) is 77.3 Å². The van der Waals surface area contributed by atoms with Crippen molar-refractivity contribution in [1.29, 1.82) is 0 Å². The normalized spacial score (nSPS) is 17.1. The molecule has 3 heterocycles. The van der Waals surface area contributed by atoms with E-state index in [0.717, 1.165) is 45.3 Å². The molecule has 0 saturated carbocycles. The van der Waals surface area contributed by atoms with E-state index in [1.165, 1.54) is 0 Å². The second-order valence-electron chi connectivity index (χ2n) is 9.81. The summed E-state index contributed by atoms with van der Waals surface area (Å²) in [5.41, 5.74) is 5.38. The number of pyridine rings is 1. The lowest BCUT2D eigenvalue weighted by Gasteiger charge is -2.27. The number of furan rings is 1. The van der Waals surface area contributed by atoms with Crippen molar-refractivity contribution in [2.75, 3.05) is 10.2 Å². The van der Waals surface area contributed by atoms with Gasteiger partial charge in [0.05, 0.1) is 11.7 Å². The van der Waals surface area contributed by atoms with Crippen LogP contribution in [0.4, 0.5) is 11.4 Å². The lowest BCUT2D eigenvalue weighted by molar-refractivity contribution is -0.118. The zero-order chi connectivity index (χ0) is 27.0. The number of aryl methyl sites for hydroxylation is 2. The van der Waals surface area contributed by atoms with E-state index in [1.54, 1.807) is 6.20 Å². The number of nitrogens with one attached hydrogen (secondary N) is 2. The molecule has 2 aromatic heterocycles. The first-order chi connectivity index (χ1) is 18.2. The third kappa shape index (κ3) is 5.04. The molecule has 194 valence electrons. The molecule has 8 heteroatoms. The van der Waals surface area contributed by atoms with Gasteiger partial charge < -0.3 is 20.0 Å². The lowest BCUT2D eigenvalue weighted by Crippen LogP contribution is -2.29. The minimum Gasteiger partial charge on any atom is -0.459 e. The predicted molar refractivity (Wildman–Crippen MR) is 156 cm³/mol.